The molecule has 0 aliphatic heterocycles. The first-order valence-electron chi connectivity index (χ1n) is 7.68. The normalized spacial score (nSPS) is 12.5. The smallest absolute Gasteiger partial charge is 0.301 e. The summed E-state index contributed by atoms with van der Waals surface area (Å²) in [5.74, 6) is -0.630. The van der Waals surface area contributed by atoms with Gasteiger partial charge in [0.2, 0.25) is 5.91 Å². The number of halogens is 6. The third-order valence-electron chi connectivity index (χ3n) is 3.65. The molecule has 0 bridgehead atoms. The van der Waals surface area contributed by atoms with Crippen molar-refractivity contribution in [2.24, 2.45) is 5.41 Å². The fraction of sp³-hybridized carbons (Fsp3) is 0.353. The van der Waals surface area contributed by atoms with E-state index in [1.54, 1.807) is 6.07 Å². The highest BCUT2D eigenvalue weighted by molar-refractivity contribution is 7.15. The minimum Gasteiger partial charge on any atom is -0.301 e. The summed E-state index contributed by atoms with van der Waals surface area (Å²) in [6.07, 6.45) is -8.84. The molecule has 0 aliphatic carbocycles. The zero-order valence-electron chi connectivity index (χ0n) is 14.5. The SMILES string of the molecule is CC(C)(C#N)C(=O)Nc1ncc(Cc2cc(C(F)(F)F)cc(C(F)(F)F)c2)s1. The van der Waals surface area contributed by atoms with Crippen LogP contribution in [0, 0.1) is 16.7 Å². The molecule has 4 nitrogen and oxygen atoms in total. The second-order valence-electron chi connectivity index (χ2n) is 6.41. The molecule has 0 saturated heterocycles. The summed E-state index contributed by atoms with van der Waals surface area (Å²) in [6, 6.07) is 3.15. The standard InChI is InChI=1S/C17H13F6N3OS/c1-15(2,8-24)13(27)26-14-25-7-12(28-14)5-9-3-10(16(18,19)20)6-11(4-9)17(21,22)23/h3-4,6-7H,5H2,1-2H3,(H,25,26,27). The summed E-state index contributed by atoms with van der Waals surface area (Å²) in [7, 11) is 0. The second-order valence-corrected chi connectivity index (χ2v) is 7.53. The van der Waals surface area contributed by atoms with Crippen LogP contribution in [0.25, 0.3) is 0 Å². The number of anilines is 1. The van der Waals surface area contributed by atoms with Crippen molar-refractivity contribution in [3.8, 4) is 6.07 Å². The van der Waals surface area contributed by atoms with Crippen LogP contribution >= 0.6 is 11.3 Å². The zero-order chi connectivity index (χ0) is 21.3. The molecular weight excluding hydrogens is 408 g/mol. The molecule has 1 heterocycles. The van der Waals surface area contributed by atoms with Crippen molar-refractivity contribution >= 4 is 22.4 Å². The Morgan fingerprint density at radius 3 is 2.11 bits per heavy atom. The molecule has 0 fully saturated rings. The minimum absolute atomic E-state index is 0.0613. The maximum absolute atomic E-state index is 12.9. The number of hydrogen-bond donors (Lipinski definition) is 1. The number of amides is 1. The Balaban J connectivity index is 2.28. The van der Waals surface area contributed by atoms with Crippen molar-refractivity contribution in [3.63, 3.8) is 0 Å². The first kappa shape index (κ1) is 21.7. The zero-order valence-corrected chi connectivity index (χ0v) is 15.3. The van der Waals surface area contributed by atoms with Gasteiger partial charge in [-0.05, 0) is 37.6 Å². The molecule has 28 heavy (non-hydrogen) atoms. The van der Waals surface area contributed by atoms with Crippen LogP contribution in [0.5, 0.6) is 0 Å². The van der Waals surface area contributed by atoms with Gasteiger partial charge in [0, 0.05) is 17.5 Å². The first-order valence-corrected chi connectivity index (χ1v) is 8.50. The number of nitrogens with one attached hydrogen (secondary N) is 1. The molecule has 1 N–H and O–H groups in total. The van der Waals surface area contributed by atoms with Gasteiger partial charge in [-0.1, -0.05) is 0 Å². The van der Waals surface area contributed by atoms with Crippen LogP contribution in [0.15, 0.2) is 24.4 Å². The lowest BCUT2D eigenvalue weighted by molar-refractivity contribution is -0.143. The molecule has 0 saturated carbocycles. The quantitative estimate of drug-likeness (QED) is 0.685. The van der Waals surface area contributed by atoms with E-state index in [0.29, 0.717) is 17.0 Å². The number of rotatable bonds is 4. The molecule has 0 atom stereocenters. The predicted molar refractivity (Wildman–Crippen MR) is 89.4 cm³/mol. The molecule has 0 spiro atoms. The number of benzene rings is 1. The molecular formula is C17H13F6N3OS. The highest BCUT2D eigenvalue weighted by Gasteiger charge is 2.37. The topological polar surface area (TPSA) is 65.8 Å². The lowest BCUT2D eigenvalue weighted by atomic mass is 9.95. The summed E-state index contributed by atoms with van der Waals surface area (Å²) in [6.45, 7) is 2.77. The number of carbonyl (C=O) groups is 1. The average molecular weight is 421 g/mol. The van der Waals surface area contributed by atoms with Gasteiger partial charge >= 0.3 is 12.4 Å². The number of hydrogen-bond acceptors (Lipinski definition) is 4. The van der Waals surface area contributed by atoms with E-state index in [0.717, 1.165) is 11.3 Å². The molecule has 0 radical (unpaired) electrons. The van der Waals surface area contributed by atoms with Gasteiger partial charge in [0.15, 0.2) is 5.13 Å². The van der Waals surface area contributed by atoms with Crippen LogP contribution in [0.4, 0.5) is 31.5 Å². The van der Waals surface area contributed by atoms with Crippen LogP contribution in [-0.4, -0.2) is 10.9 Å². The summed E-state index contributed by atoms with van der Waals surface area (Å²) in [4.78, 5) is 16.1. The van der Waals surface area contributed by atoms with E-state index in [9.17, 15) is 31.1 Å². The van der Waals surface area contributed by atoms with Crippen LogP contribution in [-0.2, 0) is 23.6 Å². The van der Waals surface area contributed by atoms with Gasteiger partial charge in [-0.2, -0.15) is 31.6 Å². The minimum atomic E-state index is -4.92. The highest BCUT2D eigenvalue weighted by Crippen LogP contribution is 2.37. The molecule has 2 rings (SSSR count). The van der Waals surface area contributed by atoms with Gasteiger partial charge in [-0.25, -0.2) is 4.98 Å². The predicted octanol–water partition coefficient (Wildman–Crippen LogP) is 5.26. The van der Waals surface area contributed by atoms with E-state index in [-0.39, 0.29) is 23.2 Å². The van der Waals surface area contributed by atoms with Crippen LogP contribution in [0.2, 0.25) is 0 Å². The van der Waals surface area contributed by atoms with E-state index < -0.39 is 34.8 Å². The van der Waals surface area contributed by atoms with Crippen molar-refractivity contribution in [1.82, 2.24) is 4.98 Å². The summed E-state index contributed by atoms with van der Waals surface area (Å²) < 4.78 is 77.5. The Kier molecular flexibility index (Phi) is 5.75. The number of alkyl halides is 6. The number of carbonyl (C=O) groups excluding carboxylic acids is 1. The molecule has 1 amide bonds. The number of nitriles is 1. The van der Waals surface area contributed by atoms with E-state index >= 15 is 0 Å². The van der Waals surface area contributed by atoms with Crippen molar-refractivity contribution in [1.29, 1.82) is 5.26 Å². The summed E-state index contributed by atoms with van der Waals surface area (Å²) in [5.41, 5.74) is -4.31. The highest BCUT2D eigenvalue weighted by atomic mass is 32.1. The van der Waals surface area contributed by atoms with Gasteiger partial charge in [-0.3, -0.25) is 4.79 Å². The van der Waals surface area contributed by atoms with Gasteiger partial charge in [0.1, 0.15) is 5.41 Å². The number of nitrogens with zero attached hydrogens (tertiary/aromatic N) is 2. The van der Waals surface area contributed by atoms with E-state index in [1.807, 2.05) is 0 Å². The summed E-state index contributed by atoms with van der Waals surface area (Å²) >= 11 is 0.894. The largest absolute Gasteiger partial charge is 0.416 e. The Morgan fingerprint density at radius 2 is 1.64 bits per heavy atom. The molecule has 0 unspecified atom stereocenters. The summed E-state index contributed by atoms with van der Waals surface area (Å²) in [5, 5.41) is 11.4. The Hall–Kier alpha value is -2.61. The van der Waals surface area contributed by atoms with E-state index in [4.69, 9.17) is 5.26 Å². The molecule has 0 aliphatic rings. The van der Waals surface area contributed by atoms with Gasteiger partial charge in [-0.15, -0.1) is 11.3 Å². The van der Waals surface area contributed by atoms with Crippen LogP contribution in [0.1, 0.15) is 35.4 Å². The molecule has 11 heteroatoms. The maximum Gasteiger partial charge on any atom is 0.416 e. The van der Waals surface area contributed by atoms with Crippen LogP contribution < -0.4 is 5.32 Å². The lowest BCUT2D eigenvalue weighted by Gasteiger charge is -2.14. The van der Waals surface area contributed by atoms with Crippen molar-refractivity contribution < 1.29 is 31.1 Å². The Morgan fingerprint density at radius 1 is 1.11 bits per heavy atom. The van der Waals surface area contributed by atoms with Crippen LogP contribution in [0.3, 0.4) is 0 Å². The average Bonchev–Trinajstić information content (AvgIpc) is 2.99. The van der Waals surface area contributed by atoms with Gasteiger partial charge < -0.3 is 5.32 Å². The second kappa shape index (κ2) is 7.43. The maximum atomic E-state index is 12.9. The Bertz CT molecular complexity index is 892. The van der Waals surface area contributed by atoms with Gasteiger partial charge in [0.25, 0.3) is 0 Å². The lowest BCUT2D eigenvalue weighted by Crippen LogP contribution is -2.29. The molecule has 2 aromatic rings. The third kappa shape index (κ3) is 5.22. The first-order chi connectivity index (χ1) is 12.7. The van der Waals surface area contributed by atoms with Crippen molar-refractivity contribution in [2.75, 3.05) is 5.32 Å². The van der Waals surface area contributed by atoms with Gasteiger partial charge in [0.05, 0.1) is 17.2 Å². The van der Waals surface area contributed by atoms with E-state index in [2.05, 4.69) is 10.3 Å². The molecule has 150 valence electrons. The van der Waals surface area contributed by atoms with Crippen molar-refractivity contribution in [2.45, 2.75) is 32.6 Å². The monoisotopic (exact) mass is 421 g/mol. The number of aromatic nitrogens is 1. The Labute approximate surface area is 159 Å². The fourth-order valence-electron chi connectivity index (χ4n) is 2.07. The molecule has 1 aromatic carbocycles. The molecule has 1 aromatic heterocycles. The third-order valence-corrected chi connectivity index (χ3v) is 4.56. The van der Waals surface area contributed by atoms with E-state index in [1.165, 1.54) is 20.0 Å². The number of thiazole rings is 1. The fourth-order valence-corrected chi connectivity index (χ4v) is 2.92. The van der Waals surface area contributed by atoms with Crippen molar-refractivity contribution in [3.05, 3.63) is 46.0 Å².